The molecule has 0 saturated heterocycles. The lowest BCUT2D eigenvalue weighted by atomic mass is 10.2. The van der Waals surface area contributed by atoms with Crippen molar-refractivity contribution in [2.75, 3.05) is 11.8 Å². The van der Waals surface area contributed by atoms with Crippen molar-refractivity contribution in [1.82, 2.24) is 9.38 Å². The Morgan fingerprint density at radius 2 is 1.92 bits per heavy atom. The van der Waals surface area contributed by atoms with Gasteiger partial charge >= 0.3 is 0 Å². The van der Waals surface area contributed by atoms with Crippen molar-refractivity contribution in [1.29, 1.82) is 0 Å². The molecule has 0 saturated carbocycles. The highest BCUT2D eigenvalue weighted by molar-refractivity contribution is 7.92. The quantitative estimate of drug-likeness (QED) is 0.789. The first-order valence-corrected chi connectivity index (χ1v) is 8.93. The number of hydrogen-bond acceptors (Lipinski definition) is 4. The first-order valence-electron chi connectivity index (χ1n) is 7.45. The molecule has 3 rings (SSSR count). The number of nitrogens with one attached hydrogen (secondary N) is 1. The second kappa shape index (κ2) is 5.83. The summed E-state index contributed by atoms with van der Waals surface area (Å²) in [6, 6.07) is 8.25. The molecule has 7 heteroatoms. The molecule has 0 radical (unpaired) electrons. The molecule has 0 amide bonds. The topological polar surface area (TPSA) is 72.7 Å². The summed E-state index contributed by atoms with van der Waals surface area (Å²) in [4.78, 5) is 4.63. The lowest BCUT2D eigenvalue weighted by Crippen LogP contribution is -2.14. The van der Waals surface area contributed by atoms with Crippen LogP contribution in [-0.2, 0) is 10.0 Å². The molecule has 1 N–H and O–H groups in total. The Morgan fingerprint density at radius 3 is 2.58 bits per heavy atom. The molecular weight excluding hydrogens is 326 g/mol. The summed E-state index contributed by atoms with van der Waals surface area (Å²) in [5.74, 6) is 0.649. The van der Waals surface area contributed by atoms with Gasteiger partial charge in [-0.05, 0) is 56.7 Å². The van der Waals surface area contributed by atoms with E-state index in [0.29, 0.717) is 17.1 Å². The molecule has 0 fully saturated rings. The van der Waals surface area contributed by atoms with Crippen LogP contribution in [0.3, 0.4) is 0 Å². The van der Waals surface area contributed by atoms with E-state index in [1.54, 1.807) is 38.3 Å². The number of rotatable bonds is 4. The summed E-state index contributed by atoms with van der Waals surface area (Å²) in [5.41, 5.74) is 3.63. The molecule has 0 atom stereocenters. The molecule has 0 aliphatic rings. The van der Waals surface area contributed by atoms with E-state index in [2.05, 4.69) is 9.71 Å². The van der Waals surface area contributed by atoms with Gasteiger partial charge in [-0.25, -0.2) is 13.4 Å². The van der Waals surface area contributed by atoms with Crippen LogP contribution in [0, 0.1) is 20.8 Å². The summed E-state index contributed by atoms with van der Waals surface area (Å²) in [6.45, 7) is 5.65. The molecule has 2 heterocycles. The van der Waals surface area contributed by atoms with Crippen LogP contribution in [0.15, 0.2) is 41.4 Å². The van der Waals surface area contributed by atoms with Crippen LogP contribution >= 0.6 is 0 Å². The van der Waals surface area contributed by atoms with Crippen molar-refractivity contribution in [3.63, 3.8) is 0 Å². The summed E-state index contributed by atoms with van der Waals surface area (Å²) in [6.07, 6.45) is 1.86. The number of anilines is 1. The zero-order valence-corrected chi connectivity index (χ0v) is 14.8. The van der Waals surface area contributed by atoms with E-state index in [1.807, 2.05) is 24.4 Å². The van der Waals surface area contributed by atoms with E-state index < -0.39 is 10.0 Å². The van der Waals surface area contributed by atoms with Crippen LogP contribution in [0.25, 0.3) is 5.65 Å². The molecule has 0 unspecified atom stereocenters. The van der Waals surface area contributed by atoms with Gasteiger partial charge in [0.25, 0.3) is 10.0 Å². The first kappa shape index (κ1) is 16.3. The molecule has 2 aromatic heterocycles. The maximum Gasteiger partial charge on any atom is 0.262 e. The Morgan fingerprint density at radius 1 is 1.17 bits per heavy atom. The average molecular weight is 345 g/mol. The van der Waals surface area contributed by atoms with Gasteiger partial charge in [0, 0.05) is 11.9 Å². The smallest absolute Gasteiger partial charge is 0.262 e. The molecule has 1 aromatic carbocycles. The monoisotopic (exact) mass is 345 g/mol. The van der Waals surface area contributed by atoms with Crippen LogP contribution in [0.2, 0.25) is 0 Å². The number of nitrogens with zero attached hydrogens (tertiary/aromatic N) is 2. The van der Waals surface area contributed by atoms with Gasteiger partial charge in [-0.15, -0.1) is 0 Å². The van der Waals surface area contributed by atoms with Gasteiger partial charge in [0.15, 0.2) is 5.65 Å². The molecule has 3 aromatic rings. The SMILES string of the molecule is COc1ccc(S(=O)(=O)Nc2cccn3c(C)c(C)nc23)cc1C. The van der Waals surface area contributed by atoms with Crippen molar-refractivity contribution >= 4 is 21.4 Å². The highest BCUT2D eigenvalue weighted by Gasteiger charge is 2.18. The summed E-state index contributed by atoms with van der Waals surface area (Å²) in [7, 11) is -2.16. The molecular formula is C17H19N3O3S. The van der Waals surface area contributed by atoms with Crippen LogP contribution in [0.5, 0.6) is 5.75 Å². The van der Waals surface area contributed by atoms with Gasteiger partial charge in [0.1, 0.15) is 5.75 Å². The van der Waals surface area contributed by atoms with Crippen LogP contribution in [0.4, 0.5) is 5.69 Å². The number of hydrogen-bond donors (Lipinski definition) is 1. The first-order chi connectivity index (χ1) is 11.3. The Kier molecular flexibility index (Phi) is 3.96. The second-order valence-electron chi connectivity index (χ2n) is 5.64. The maximum atomic E-state index is 12.7. The van der Waals surface area contributed by atoms with Gasteiger partial charge in [-0.3, -0.25) is 4.72 Å². The predicted molar refractivity (Wildman–Crippen MR) is 93.2 cm³/mol. The summed E-state index contributed by atoms with van der Waals surface area (Å²) >= 11 is 0. The molecule has 0 spiro atoms. The largest absolute Gasteiger partial charge is 0.496 e. The van der Waals surface area contributed by atoms with E-state index in [0.717, 1.165) is 17.0 Å². The van der Waals surface area contributed by atoms with E-state index >= 15 is 0 Å². The highest BCUT2D eigenvalue weighted by atomic mass is 32.2. The minimum absolute atomic E-state index is 0.183. The number of aromatic nitrogens is 2. The van der Waals surface area contributed by atoms with E-state index in [4.69, 9.17) is 4.74 Å². The third-order valence-corrected chi connectivity index (χ3v) is 5.41. The predicted octanol–water partition coefficient (Wildman–Crippen LogP) is 3.07. The van der Waals surface area contributed by atoms with Crippen LogP contribution in [0.1, 0.15) is 17.0 Å². The Balaban J connectivity index is 2.04. The Bertz CT molecular complexity index is 1020. The zero-order valence-electron chi connectivity index (χ0n) is 14.0. The third-order valence-electron chi connectivity index (χ3n) is 4.05. The Hall–Kier alpha value is -2.54. The zero-order chi connectivity index (χ0) is 17.5. The van der Waals surface area contributed by atoms with Gasteiger partial charge in [-0.2, -0.15) is 0 Å². The molecule has 0 aliphatic heterocycles. The van der Waals surface area contributed by atoms with Gasteiger partial charge in [0.2, 0.25) is 0 Å². The fraction of sp³-hybridized carbons (Fsp3) is 0.235. The van der Waals surface area contributed by atoms with Crippen molar-refractivity contribution in [3.05, 3.63) is 53.5 Å². The van der Waals surface area contributed by atoms with Crippen LogP contribution in [-0.4, -0.2) is 24.9 Å². The fourth-order valence-electron chi connectivity index (χ4n) is 2.60. The fourth-order valence-corrected chi connectivity index (χ4v) is 3.75. The number of aryl methyl sites for hydroxylation is 3. The van der Waals surface area contributed by atoms with Crippen molar-refractivity contribution in [2.45, 2.75) is 25.7 Å². The molecule has 24 heavy (non-hydrogen) atoms. The van der Waals surface area contributed by atoms with Crippen molar-refractivity contribution in [2.24, 2.45) is 0 Å². The lowest BCUT2D eigenvalue weighted by molar-refractivity contribution is 0.411. The number of methoxy groups -OCH3 is 1. The number of ether oxygens (including phenoxy) is 1. The van der Waals surface area contributed by atoms with Crippen molar-refractivity contribution in [3.8, 4) is 5.75 Å². The third kappa shape index (κ3) is 2.71. The summed E-state index contributed by atoms with van der Waals surface area (Å²) in [5, 5.41) is 0. The van der Waals surface area contributed by atoms with Gasteiger partial charge < -0.3 is 9.14 Å². The molecule has 6 nitrogen and oxygen atoms in total. The maximum absolute atomic E-state index is 12.7. The second-order valence-corrected chi connectivity index (χ2v) is 7.32. The number of imidazole rings is 1. The van der Waals surface area contributed by atoms with Crippen molar-refractivity contribution < 1.29 is 13.2 Å². The number of sulfonamides is 1. The van der Waals surface area contributed by atoms with Gasteiger partial charge in [-0.1, -0.05) is 0 Å². The van der Waals surface area contributed by atoms with E-state index in [-0.39, 0.29) is 4.90 Å². The van der Waals surface area contributed by atoms with E-state index in [1.165, 1.54) is 6.07 Å². The highest BCUT2D eigenvalue weighted by Crippen LogP contribution is 2.25. The summed E-state index contributed by atoms with van der Waals surface area (Å²) < 4.78 is 35.1. The normalized spacial score (nSPS) is 11.7. The Labute approximate surface area is 141 Å². The molecule has 0 aliphatic carbocycles. The molecule has 0 bridgehead atoms. The number of pyridine rings is 1. The minimum atomic E-state index is -3.71. The lowest BCUT2D eigenvalue weighted by Gasteiger charge is -2.11. The molecule has 126 valence electrons. The number of fused-ring (bicyclic) bond motifs is 1. The average Bonchev–Trinajstić information content (AvgIpc) is 2.83. The van der Waals surface area contributed by atoms with Crippen LogP contribution < -0.4 is 9.46 Å². The van der Waals surface area contributed by atoms with Gasteiger partial charge in [0.05, 0.1) is 23.4 Å². The van der Waals surface area contributed by atoms with E-state index in [9.17, 15) is 8.42 Å². The number of benzene rings is 1. The minimum Gasteiger partial charge on any atom is -0.496 e. The standard InChI is InChI=1S/C17H19N3O3S/c1-11-10-14(7-8-16(11)23-4)24(21,22)19-15-6-5-9-20-13(3)12(2)18-17(15)20/h5-10,19H,1-4H3.